The summed E-state index contributed by atoms with van der Waals surface area (Å²) in [5.74, 6) is 0.145. The molecule has 0 amide bonds. The fourth-order valence-corrected chi connectivity index (χ4v) is 2.18. The molecule has 0 fully saturated rings. The van der Waals surface area contributed by atoms with E-state index in [1.165, 1.54) is 58.5 Å². The van der Waals surface area contributed by atoms with Crippen LogP contribution in [0.4, 0.5) is 0 Å². The van der Waals surface area contributed by atoms with Crippen molar-refractivity contribution in [2.75, 3.05) is 7.11 Å². The maximum Gasteiger partial charge on any atom is 0.308 e. The van der Waals surface area contributed by atoms with Crippen LogP contribution in [-0.2, 0) is 9.53 Å². The Kier molecular flexibility index (Phi) is 11.6. The number of carbonyl (C=O) groups excluding carboxylic acids is 1. The van der Waals surface area contributed by atoms with Crippen molar-refractivity contribution in [3.8, 4) is 0 Å². The largest absolute Gasteiger partial charge is 0.469 e. The highest BCUT2D eigenvalue weighted by Gasteiger charge is 2.17. The molecule has 0 aliphatic heterocycles. The lowest BCUT2D eigenvalue weighted by Gasteiger charge is -2.14. The van der Waals surface area contributed by atoms with Gasteiger partial charge >= 0.3 is 5.97 Å². The van der Waals surface area contributed by atoms with E-state index in [1.807, 2.05) is 0 Å². The summed E-state index contributed by atoms with van der Waals surface area (Å²) >= 11 is 0. The maximum atomic E-state index is 11.6. The van der Waals surface area contributed by atoms with Gasteiger partial charge in [0.25, 0.3) is 0 Å². The van der Waals surface area contributed by atoms with Crippen LogP contribution in [-0.4, -0.2) is 13.1 Å². The summed E-state index contributed by atoms with van der Waals surface area (Å²) in [6.45, 7) is 4.42. The molecule has 0 spiro atoms. The molecule has 0 bridgehead atoms. The molecule has 2 nitrogen and oxygen atoms in total. The zero-order valence-corrected chi connectivity index (χ0v) is 12.0. The molecule has 0 aromatic rings. The van der Waals surface area contributed by atoms with Crippen molar-refractivity contribution in [1.82, 2.24) is 0 Å². The lowest BCUT2D eigenvalue weighted by atomic mass is 9.94. The lowest BCUT2D eigenvalue weighted by molar-refractivity contribution is -0.146. The molecule has 0 saturated heterocycles. The molecule has 0 rings (SSSR count). The standard InChI is InChI=1S/C15H30O2/c1-4-6-8-10-12-14(15(16)17-3)13-11-9-7-5-2/h14H,4-13H2,1-3H3. The highest BCUT2D eigenvalue weighted by atomic mass is 16.5. The molecule has 2 heteroatoms. The number of carbonyl (C=O) groups is 1. The van der Waals surface area contributed by atoms with Crippen LogP contribution >= 0.6 is 0 Å². The Hall–Kier alpha value is -0.530. The molecule has 0 heterocycles. The van der Waals surface area contributed by atoms with Crippen molar-refractivity contribution in [2.24, 2.45) is 5.92 Å². The predicted octanol–water partition coefficient (Wildman–Crippen LogP) is 4.72. The van der Waals surface area contributed by atoms with Crippen LogP contribution in [0.25, 0.3) is 0 Å². The van der Waals surface area contributed by atoms with Crippen LogP contribution in [0.2, 0.25) is 0 Å². The van der Waals surface area contributed by atoms with E-state index in [2.05, 4.69) is 13.8 Å². The first-order chi connectivity index (χ1) is 8.26. The Labute approximate surface area is 107 Å². The van der Waals surface area contributed by atoms with E-state index in [1.54, 1.807) is 0 Å². The van der Waals surface area contributed by atoms with Crippen molar-refractivity contribution in [2.45, 2.75) is 78.1 Å². The number of esters is 1. The number of ether oxygens (including phenoxy) is 1. The third kappa shape index (κ3) is 9.20. The molecule has 0 N–H and O–H groups in total. The molecule has 0 radical (unpaired) electrons. The minimum absolute atomic E-state index is 0.00185. The summed E-state index contributed by atoms with van der Waals surface area (Å²) in [4.78, 5) is 11.6. The minimum atomic E-state index is -0.00185. The van der Waals surface area contributed by atoms with Crippen molar-refractivity contribution >= 4 is 5.97 Å². The first-order valence-electron chi connectivity index (χ1n) is 7.34. The SMILES string of the molecule is CCCCCCC(CCCCCC)C(=O)OC. The molecule has 0 aromatic carbocycles. The van der Waals surface area contributed by atoms with Crippen LogP contribution in [0, 0.1) is 5.92 Å². The van der Waals surface area contributed by atoms with E-state index in [-0.39, 0.29) is 11.9 Å². The van der Waals surface area contributed by atoms with Gasteiger partial charge in [-0.15, -0.1) is 0 Å². The normalized spacial score (nSPS) is 10.8. The minimum Gasteiger partial charge on any atom is -0.469 e. The third-order valence-electron chi connectivity index (χ3n) is 3.35. The Balaban J connectivity index is 3.76. The van der Waals surface area contributed by atoms with Gasteiger partial charge in [-0.05, 0) is 12.8 Å². The molecule has 0 saturated carbocycles. The number of unbranched alkanes of at least 4 members (excludes halogenated alkanes) is 6. The van der Waals surface area contributed by atoms with Crippen molar-refractivity contribution < 1.29 is 9.53 Å². The Morgan fingerprint density at radius 3 is 1.71 bits per heavy atom. The van der Waals surface area contributed by atoms with Gasteiger partial charge in [0.2, 0.25) is 0 Å². The van der Waals surface area contributed by atoms with Crippen molar-refractivity contribution in [1.29, 1.82) is 0 Å². The van der Waals surface area contributed by atoms with Crippen molar-refractivity contribution in [3.63, 3.8) is 0 Å². The highest BCUT2D eigenvalue weighted by Crippen LogP contribution is 2.19. The van der Waals surface area contributed by atoms with E-state index >= 15 is 0 Å². The monoisotopic (exact) mass is 242 g/mol. The molecule has 17 heavy (non-hydrogen) atoms. The Bertz CT molecular complexity index is 166. The van der Waals surface area contributed by atoms with E-state index in [4.69, 9.17) is 4.74 Å². The number of methoxy groups -OCH3 is 1. The second-order valence-electron chi connectivity index (χ2n) is 4.92. The topological polar surface area (TPSA) is 26.3 Å². The summed E-state index contributed by atoms with van der Waals surface area (Å²) in [6, 6.07) is 0. The van der Waals surface area contributed by atoms with Crippen LogP contribution in [0.3, 0.4) is 0 Å². The fraction of sp³-hybridized carbons (Fsp3) is 0.933. The van der Waals surface area contributed by atoms with E-state index < -0.39 is 0 Å². The van der Waals surface area contributed by atoms with Gasteiger partial charge in [0.15, 0.2) is 0 Å². The molecule has 0 atom stereocenters. The van der Waals surface area contributed by atoms with Gasteiger partial charge in [0, 0.05) is 0 Å². The summed E-state index contributed by atoms with van der Waals surface area (Å²) < 4.78 is 4.89. The van der Waals surface area contributed by atoms with E-state index in [9.17, 15) is 4.79 Å². The summed E-state index contributed by atoms with van der Waals surface area (Å²) in [6.07, 6.45) is 11.9. The summed E-state index contributed by atoms with van der Waals surface area (Å²) in [7, 11) is 1.51. The second kappa shape index (κ2) is 11.9. The van der Waals surface area contributed by atoms with E-state index in [0.717, 1.165) is 12.8 Å². The molecular formula is C15H30O2. The average molecular weight is 242 g/mol. The van der Waals surface area contributed by atoms with Gasteiger partial charge < -0.3 is 4.74 Å². The molecule has 0 unspecified atom stereocenters. The Morgan fingerprint density at radius 1 is 0.882 bits per heavy atom. The smallest absolute Gasteiger partial charge is 0.308 e. The second-order valence-corrected chi connectivity index (χ2v) is 4.92. The number of hydrogen-bond donors (Lipinski definition) is 0. The van der Waals surface area contributed by atoms with Crippen molar-refractivity contribution in [3.05, 3.63) is 0 Å². The highest BCUT2D eigenvalue weighted by molar-refractivity contribution is 5.72. The number of rotatable bonds is 11. The first kappa shape index (κ1) is 16.5. The lowest BCUT2D eigenvalue weighted by Crippen LogP contribution is -2.16. The summed E-state index contributed by atoms with van der Waals surface area (Å²) in [5, 5.41) is 0. The zero-order valence-electron chi connectivity index (χ0n) is 12.0. The fourth-order valence-electron chi connectivity index (χ4n) is 2.18. The van der Waals surface area contributed by atoms with Crippen LogP contribution < -0.4 is 0 Å². The molecule has 102 valence electrons. The van der Waals surface area contributed by atoms with Gasteiger partial charge in [-0.3, -0.25) is 4.79 Å². The van der Waals surface area contributed by atoms with Gasteiger partial charge in [0.1, 0.15) is 0 Å². The Morgan fingerprint density at radius 2 is 1.35 bits per heavy atom. The predicted molar refractivity (Wildman–Crippen MR) is 73.0 cm³/mol. The average Bonchev–Trinajstić information content (AvgIpc) is 2.36. The summed E-state index contributed by atoms with van der Waals surface area (Å²) in [5.41, 5.74) is 0. The van der Waals surface area contributed by atoms with Gasteiger partial charge in [-0.25, -0.2) is 0 Å². The quantitative estimate of drug-likeness (QED) is 0.387. The van der Waals surface area contributed by atoms with E-state index in [0.29, 0.717) is 0 Å². The van der Waals surface area contributed by atoms with Gasteiger partial charge in [-0.1, -0.05) is 65.2 Å². The van der Waals surface area contributed by atoms with Crippen LogP contribution in [0.1, 0.15) is 78.1 Å². The molecule has 0 aromatic heterocycles. The third-order valence-corrected chi connectivity index (χ3v) is 3.35. The zero-order chi connectivity index (χ0) is 12.9. The van der Waals surface area contributed by atoms with Crippen LogP contribution in [0.15, 0.2) is 0 Å². The molecule has 0 aliphatic carbocycles. The molecular weight excluding hydrogens is 212 g/mol. The van der Waals surface area contributed by atoms with Gasteiger partial charge in [0.05, 0.1) is 13.0 Å². The maximum absolute atomic E-state index is 11.6. The number of hydrogen-bond acceptors (Lipinski definition) is 2. The molecule has 0 aliphatic rings. The first-order valence-corrected chi connectivity index (χ1v) is 7.34. The van der Waals surface area contributed by atoms with Gasteiger partial charge in [-0.2, -0.15) is 0 Å². The van der Waals surface area contributed by atoms with Crippen LogP contribution in [0.5, 0.6) is 0 Å².